The van der Waals surface area contributed by atoms with Gasteiger partial charge in [-0.3, -0.25) is 9.78 Å². The quantitative estimate of drug-likeness (QED) is 0.804. The van der Waals surface area contributed by atoms with Crippen molar-refractivity contribution in [3.63, 3.8) is 0 Å². The Balaban J connectivity index is 2.15. The molecule has 0 radical (unpaired) electrons. The number of hydrogen-bond donors (Lipinski definition) is 0. The van der Waals surface area contributed by atoms with E-state index in [1.807, 2.05) is 6.07 Å². The van der Waals surface area contributed by atoms with Crippen LogP contribution >= 0.6 is 11.8 Å². The minimum absolute atomic E-state index is 0.0593. The van der Waals surface area contributed by atoms with Crippen molar-refractivity contribution in [3.8, 4) is 0 Å². The van der Waals surface area contributed by atoms with Gasteiger partial charge in [0, 0.05) is 6.20 Å². The number of Topliss-reactive ketones (excluding diaryl/α,β-unsaturated/α-hetero) is 1. The van der Waals surface area contributed by atoms with E-state index in [4.69, 9.17) is 0 Å². The van der Waals surface area contributed by atoms with Crippen LogP contribution in [0.2, 0.25) is 0 Å². The maximum absolute atomic E-state index is 12.1. The van der Waals surface area contributed by atoms with Gasteiger partial charge in [-0.1, -0.05) is 13.0 Å². The first-order valence-electron chi connectivity index (χ1n) is 5.87. The molecule has 0 amide bonds. The molecule has 0 saturated carbocycles. The van der Waals surface area contributed by atoms with Gasteiger partial charge in [-0.05, 0) is 36.6 Å². The molecule has 1 aliphatic rings. The van der Waals surface area contributed by atoms with Crippen molar-refractivity contribution >= 4 is 17.5 Å². The number of aryl methyl sites for hydroxylation is 1. The van der Waals surface area contributed by atoms with Gasteiger partial charge >= 0.3 is 0 Å². The molecule has 0 spiro atoms. The number of fused-ring (bicyclic) bond motifs is 1. The molecule has 1 unspecified atom stereocenters. The van der Waals surface area contributed by atoms with Crippen LogP contribution in [-0.4, -0.2) is 22.3 Å². The van der Waals surface area contributed by atoms with Crippen molar-refractivity contribution in [2.45, 2.75) is 32.1 Å². The Kier molecular flexibility index (Phi) is 3.99. The largest absolute Gasteiger partial charge is 0.298 e. The van der Waals surface area contributed by atoms with Gasteiger partial charge in [-0.25, -0.2) is 0 Å². The molecule has 1 aliphatic carbocycles. The Morgan fingerprint density at radius 1 is 1.62 bits per heavy atom. The van der Waals surface area contributed by atoms with Crippen molar-refractivity contribution in [2.75, 3.05) is 11.5 Å². The molecule has 0 N–H and O–H groups in total. The van der Waals surface area contributed by atoms with E-state index in [0.29, 0.717) is 11.5 Å². The number of hydrogen-bond acceptors (Lipinski definition) is 3. The highest BCUT2D eigenvalue weighted by Crippen LogP contribution is 2.31. The third-order valence-corrected chi connectivity index (χ3v) is 3.93. The van der Waals surface area contributed by atoms with Crippen molar-refractivity contribution in [1.82, 2.24) is 4.98 Å². The molecular formula is C13H17NOS. The van der Waals surface area contributed by atoms with Gasteiger partial charge in [0.05, 0.1) is 17.4 Å². The number of rotatable bonds is 4. The van der Waals surface area contributed by atoms with Gasteiger partial charge < -0.3 is 0 Å². The molecule has 2 rings (SSSR count). The topological polar surface area (TPSA) is 30.0 Å². The maximum Gasteiger partial charge on any atom is 0.151 e. The average molecular weight is 235 g/mol. The van der Waals surface area contributed by atoms with Crippen LogP contribution in [0.15, 0.2) is 18.3 Å². The number of thioether (sulfide) groups is 1. The van der Waals surface area contributed by atoms with Gasteiger partial charge in [0.2, 0.25) is 0 Å². The smallest absolute Gasteiger partial charge is 0.151 e. The zero-order valence-electron chi connectivity index (χ0n) is 9.61. The van der Waals surface area contributed by atoms with E-state index >= 15 is 0 Å². The lowest BCUT2D eigenvalue weighted by Crippen LogP contribution is -2.21. The second-order valence-corrected chi connectivity index (χ2v) is 5.37. The summed E-state index contributed by atoms with van der Waals surface area (Å²) in [5, 5.41) is 0. The fourth-order valence-corrected chi connectivity index (χ4v) is 2.83. The Bertz CT molecular complexity index is 378. The third kappa shape index (κ3) is 2.46. The predicted octanol–water partition coefficient (Wildman–Crippen LogP) is 2.82. The summed E-state index contributed by atoms with van der Waals surface area (Å²) in [6.07, 6.45) is 4.98. The summed E-state index contributed by atoms with van der Waals surface area (Å²) in [6.45, 7) is 2.09. The lowest BCUT2D eigenvalue weighted by Gasteiger charge is -2.22. The molecule has 0 aliphatic heterocycles. The molecule has 1 aromatic heterocycles. The van der Waals surface area contributed by atoms with Crippen LogP contribution in [0.4, 0.5) is 0 Å². The van der Waals surface area contributed by atoms with E-state index < -0.39 is 0 Å². The van der Waals surface area contributed by atoms with Crippen LogP contribution in [0.25, 0.3) is 0 Å². The molecule has 2 nitrogen and oxygen atoms in total. The minimum Gasteiger partial charge on any atom is -0.298 e. The van der Waals surface area contributed by atoms with Gasteiger partial charge in [-0.15, -0.1) is 0 Å². The van der Waals surface area contributed by atoms with Crippen LogP contribution in [-0.2, 0) is 11.2 Å². The van der Waals surface area contributed by atoms with E-state index in [-0.39, 0.29) is 5.92 Å². The SMILES string of the molecule is CCSCC(=O)C1CCCc2cccnc21. The summed E-state index contributed by atoms with van der Waals surface area (Å²) in [7, 11) is 0. The van der Waals surface area contributed by atoms with Gasteiger partial charge in [0.15, 0.2) is 5.78 Å². The summed E-state index contributed by atoms with van der Waals surface area (Å²) < 4.78 is 0. The van der Waals surface area contributed by atoms with Crippen LogP contribution in [0, 0.1) is 0 Å². The van der Waals surface area contributed by atoms with Crippen molar-refractivity contribution in [2.24, 2.45) is 0 Å². The van der Waals surface area contributed by atoms with Gasteiger partial charge in [0.25, 0.3) is 0 Å². The van der Waals surface area contributed by atoms with Crippen LogP contribution in [0.5, 0.6) is 0 Å². The number of aromatic nitrogens is 1. The molecule has 0 aromatic carbocycles. The minimum atomic E-state index is 0.0593. The van der Waals surface area contributed by atoms with Gasteiger partial charge in [0.1, 0.15) is 0 Å². The van der Waals surface area contributed by atoms with E-state index in [9.17, 15) is 4.79 Å². The van der Waals surface area contributed by atoms with Crippen molar-refractivity contribution < 1.29 is 4.79 Å². The lowest BCUT2D eigenvalue weighted by molar-refractivity contribution is -0.118. The number of pyridine rings is 1. The number of ketones is 1. The Morgan fingerprint density at radius 2 is 2.50 bits per heavy atom. The molecule has 3 heteroatoms. The molecule has 1 atom stereocenters. The molecule has 1 aromatic rings. The molecule has 0 saturated heterocycles. The zero-order chi connectivity index (χ0) is 11.4. The van der Waals surface area contributed by atoms with E-state index in [2.05, 4.69) is 18.0 Å². The fraction of sp³-hybridized carbons (Fsp3) is 0.538. The zero-order valence-corrected chi connectivity index (χ0v) is 10.4. The standard InChI is InChI=1S/C13H17NOS/c1-2-16-9-12(15)11-7-3-5-10-6-4-8-14-13(10)11/h4,6,8,11H,2-3,5,7,9H2,1H3. The number of nitrogens with zero attached hydrogens (tertiary/aromatic N) is 1. The first-order chi connectivity index (χ1) is 7.83. The Labute approximate surface area is 101 Å². The second kappa shape index (κ2) is 5.48. The third-order valence-electron chi connectivity index (χ3n) is 3.03. The number of carbonyl (C=O) groups is 1. The van der Waals surface area contributed by atoms with Crippen LogP contribution < -0.4 is 0 Å². The van der Waals surface area contributed by atoms with E-state index in [0.717, 1.165) is 30.7 Å². The maximum atomic E-state index is 12.1. The Morgan fingerprint density at radius 3 is 3.31 bits per heavy atom. The fourth-order valence-electron chi connectivity index (χ4n) is 2.23. The highest BCUT2D eigenvalue weighted by Gasteiger charge is 2.26. The highest BCUT2D eigenvalue weighted by molar-refractivity contribution is 7.99. The van der Waals surface area contributed by atoms with E-state index in [1.54, 1.807) is 18.0 Å². The molecule has 16 heavy (non-hydrogen) atoms. The summed E-state index contributed by atoms with van der Waals surface area (Å²) in [5.74, 6) is 2.06. The monoisotopic (exact) mass is 235 g/mol. The predicted molar refractivity (Wildman–Crippen MR) is 67.9 cm³/mol. The van der Waals surface area contributed by atoms with E-state index in [1.165, 1.54) is 5.56 Å². The highest BCUT2D eigenvalue weighted by atomic mass is 32.2. The first-order valence-corrected chi connectivity index (χ1v) is 7.02. The van der Waals surface area contributed by atoms with Crippen LogP contribution in [0.1, 0.15) is 36.9 Å². The summed E-state index contributed by atoms with van der Waals surface area (Å²) in [4.78, 5) is 16.5. The molecular weight excluding hydrogens is 218 g/mol. The summed E-state index contributed by atoms with van der Waals surface area (Å²) >= 11 is 1.71. The molecule has 0 fully saturated rings. The average Bonchev–Trinajstić information content (AvgIpc) is 2.35. The first kappa shape index (κ1) is 11.6. The van der Waals surface area contributed by atoms with Gasteiger partial charge in [-0.2, -0.15) is 11.8 Å². The van der Waals surface area contributed by atoms with Crippen LogP contribution in [0.3, 0.4) is 0 Å². The van der Waals surface area contributed by atoms with Crippen molar-refractivity contribution in [3.05, 3.63) is 29.6 Å². The lowest BCUT2D eigenvalue weighted by atomic mass is 9.84. The number of carbonyl (C=O) groups excluding carboxylic acids is 1. The molecule has 0 bridgehead atoms. The molecule has 1 heterocycles. The normalized spacial score (nSPS) is 19.2. The summed E-state index contributed by atoms with van der Waals surface area (Å²) in [6, 6.07) is 4.07. The molecule has 86 valence electrons. The summed E-state index contributed by atoms with van der Waals surface area (Å²) in [5.41, 5.74) is 2.31. The van der Waals surface area contributed by atoms with Crippen molar-refractivity contribution in [1.29, 1.82) is 0 Å². The second-order valence-electron chi connectivity index (χ2n) is 4.10. The Hall–Kier alpha value is -0.830.